The van der Waals surface area contributed by atoms with E-state index in [4.69, 9.17) is 5.11 Å². The molecule has 0 heterocycles. The van der Waals surface area contributed by atoms with Crippen LogP contribution in [-0.4, -0.2) is 23.1 Å². The van der Waals surface area contributed by atoms with E-state index in [0.717, 1.165) is 10.0 Å². The van der Waals surface area contributed by atoms with Gasteiger partial charge in [0.15, 0.2) is 0 Å². The molecule has 104 valence electrons. The molecule has 2 amide bonds. The zero-order chi connectivity index (χ0) is 14.6. The highest BCUT2D eigenvalue weighted by Gasteiger charge is 2.23. The first kappa shape index (κ1) is 15.5. The Morgan fingerprint density at radius 1 is 1.32 bits per heavy atom. The van der Waals surface area contributed by atoms with Crippen LogP contribution in [0.5, 0.6) is 0 Å². The molecule has 1 rings (SSSR count). The third-order valence-corrected chi connectivity index (χ3v) is 3.71. The molecule has 0 saturated heterocycles. The molecule has 0 fully saturated rings. The topological polar surface area (TPSA) is 78.4 Å². The number of halogens is 1. The van der Waals surface area contributed by atoms with Crippen LogP contribution in [0.4, 0.5) is 10.5 Å². The van der Waals surface area contributed by atoms with Crippen LogP contribution in [0, 0.1) is 12.8 Å². The third kappa shape index (κ3) is 4.24. The van der Waals surface area contributed by atoms with Crippen LogP contribution in [0.3, 0.4) is 0 Å². The van der Waals surface area contributed by atoms with Gasteiger partial charge in [-0.15, -0.1) is 0 Å². The number of hydrogen-bond donors (Lipinski definition) is 3. The van der Waals surface area contributed by atoms with Crippen LogP contribution in [0.1, 0.15) is 19.4 Å². The van der Waals surface area contributed by atoms with Gasteiger partial charge in [-0.1, -0.05) is 26.0 Å². The molecule has 0 aromatic heterocycles. The minimum atomic E-state index is -1.05. The van der Waals surface area contributed by atoms with Gasteiger partial charge in [0.2, 0.25) is 0 Å². The Balaban J connectivity index is 2.75. The van der Waals surface area contributed by atoms with Gasteiger partial charge in [0.1, 0.15) is 6.04 Å². The van der Waals surface area contributed by atoms with Gasteiger partial charge in [-0.05, 0) is 40.4 Å². The molecule has 3 N–H and O–H groups in total. The minimum Gasteiger partial charge on any atom is -0.480 e. The molecule has 0 radical (unpaired) electrons. The van der Waals surface area contributed by atoms with E-state index in [1.807, 2.05) is 19.1 Å². The Bertz CT molecular complexity index is 489. The molecule has 0 bridgehead atoms. The molecule has 1 atom stereocenters. The lowest BCUT2D eigenvalue weighted by Gasteiger charge is -2.18. The highest BCUT2D eigenvalue weighted by molar-refractivity contribution is 9.10. The molecule has 1 aromatic rings. The minimum absolute atomic E-state index is 0.191. The van der Waals surface area contributed by atoms with Gasteiger partial charge in [-0.2, -0.15) is 0 Å². The predicted octanol–water partition coefficient (Wildman–Crippen LogP) is 2.99. The number of carboxylic acids is 1. The van der Waals surface area contributed by atoms with Crippen molar-refractivity contribution in [3.63, 3.8) is 0 Å². The maximum atomic E-state index is 11.8. The van der Waals surface area contributed by atoms with Crippen molar-refractivity contribution < 1.29 is 14.7 Å². The number of anilines is 1. The number of urea groups is 1. The van der Waals surface area contributed by atoms with E-state index in [-0.39, 0.29) is 5.92 Å². The maximum Gasteiger partial charge on any atom is 0.326 e. The molecule has 0 aliphatic carbocycles. The Morgan fingerprint density at radius 3 is 2.47 bits per heavy atom. The van der Waals surface area contributed by atoms with Gasteiger partial charge in [0.05, 0.1) is 5.69 Å². The Labute approximate surface area is 120 Å². The number of carboxylic acid groups (broad SMARTS) is 1. The summed E-state index contributed by atoms with van der Waals surface area (Å²) in [6.07, 6.45) is 0. The van der Waals surface area contributed by atoms with Crippen LogP contribution in [0.25, 0.3) is 0 Å². The van der Waals surface area contributed by atoms with Crippen molar-refractivity contribution in [1.29, 1.82) is 0 Å². The first-order valence-corrected chi connectivity index (χ1v) is 6.67. The standard InChI is InChI=1S/C13H17BrN2O3/c1-7(2)11(12(17)18)16-13(19)15-9-6-4-5-8(3)10(9)14/h4-7,11H,1-3H3,(H,17,18)(H2,15,16,19)/t11-/m0/s1. The van der Waals surface area contributed by atoms with Crippen molar-refractivity contribution in [2.75, 3.05) is 5.32 Å². The number of aryl methyl sites for hydroxylation is 1. The number of nitrogens with one attached hydrogen (secondary N) is 2. The fourth-order valence-corrected chi connectivity index (χ4v) is 1.92. The highest BCUT2D eigenvalue weighted by atomic mass is 79.9. The molecule has 0 aliphatic rings. The second-order valence-corrected chi connectivity index (χ2v) is 5.39. The van der Waals surface area contributed by atoms with Crippen molar-refractivity contribution in [2.24, 2.45) is 5.92 Å². The fourth-order valence-electron chi connectivity index (χ4n) is 1.56. The molecule has 0 spiro atoms. The van der Waals surface area contributed by atoms with Gasteiger partial charge in [-0.3, -0.25) is 0 Å². The number of benzene rings is 1. The number of carbonyl (C=O) groups is 2. The first-order chi connectivity index (χ1) is 8.82. The Kier molecular flexibility index (Phi) is 5.35. The zero-order valence-electron chi connectivity index (χ0n) is 11.0. The SMILES string of the molecule is Cc1cccc(NC(=O)N[C@H](C(=O)O)C(C)C)c1Br. The molecule has 0 aliphatic heterocycles. The van der Waals surface area contributed by atoms with E-state index >= 15 is 0 Å². The van der Waals surface area contributed by atoms with E-state index in [9.17, 15) is 9.59 Å². The van der Waals surface area contributed by atoms with Crippen LogP contribution >= 0.6 is 15.9 Å². The molecular formula is C13H17BrN2O3. The van der Waals surface area contributed by atoms with E-state index < -0.39 is 18.0 Å². The number of rotatable bonds is 4. The number of carbonyl (C=O) groups excluding carboxylic acids is 1. The van der Waals surface area contributed by atoms with Gasteiger partial charge >= 0.3 is 12.0 Å². The zero-order valence-corrected chi connectivity index (χ0v) is 12.6. The van der Waals surface area contributed by atoms with E-state index in [1.165, 1.54) is 0 Å². The van der Waals surface area contributed by atoms with Gasteiger partial charge in [-0.25, -0.2) is 9.59 Å². The highest BCUT2D eigenvalue weighted by Crippen LogP contribution is 2.25. The average Bonchev–Trinajstić information content (AvgIpc) is 2.31. The van der Waals surface area contributed by atoms with E-state index in [2.05, 4.69) is 26.6 Å². The monoisotopic (exact) mass is 328 g/mol. The summed E-state index contributed by atoms with van der Waals surface area (Å²) in [5, 5.41) is 14.1. The van der Waals surface area contributed by atoms with E-state index in [1.54, 1.807) is 19.9 Å². The van der Waals surface area contributed by atoms with Crippen molar-refractivity contribution in [1.82, 2.24) is 5.32 Å². The maximum absolute atomic E-state index is 11.8. The summed E-state index contributed by atoms with van der Waals surface area (Å²) in [6.45, 7) is 5.38. The van der Waals surface area contributed by atoms with Crippen LogP contribution in [0.15, 0.2) is 22.7 Å². The van der Waals surface area contributed by atoms with Gasteiger partial charge in [0, 0.05) is 4.47 Å². The van der Waals surface area contributed by atoms with Gasteiger partial charge in [0.25, 0.3) is 0 Å². The normalized spacial score (nSPS) is 12.1. The van der Waals surface area contributed by atoms with Crippen molar-refractivity contribution in [2.45, 2.75) is 26.8 Å². The summed E-state index contributed by atoms with van der Waals surface area (Å²) >= 11 is 3.37. The van der Waals surface area contributed by atoms with Gasteiger partial charge < -0.3 is 15.7 Å². The smallest absolute Gasteiger partial charge is 0.326 e. The lowest BCUT2D eigenvalue weighted by atomic mass is 10.1. The molecule has 1 aromatic carbocycles. The number of amides is 2. The van der Waals surface area contributed by atoms with E-state index in [0.29, 0.717) is 5.69 Å². The fraction of sp³-hybridized carbons (Fsp3) is 0.385. The summed E-state index contributed by atoms with van der Waals surface area (Å²) in [4.78, 5) is 22.8. The largest absolute Gasteiger partial charge is 0.480 e. The lowest BCUT2D eigenvalue weighted by Crippen LogP contribution is -2.46. The Morgan fingerprint density at radius 2 is 1.95 bits per heavy atom. The van der Waals surface area contributed by atoms with Crippen molar-refractivity contribution >= 4 is 33.6 Å². The molecule has 0 unspecified atom stereocenters. The number of hydrogen-bond acceptors (Lipinski definition) is 2. The average molecular weight is 329 g/mol. The van der Waals surface area contributed by atoms with Crippen LogP contribution < -0.4 is 10.6 Å². The summed E-state index contributed by atoms with van der Waals surface area (Å²) in [5.74, 6) is -1.24. The summed E-state index contributed by atoms with van der Waals surface area (Å²) in [7, 11) is 0. The molecule has 0 saturated carbocycles. The summed E-state index contributed by atoms with van der Waals surface area (Å²) in [6, 6.07) is 4.01. The molecular weight excluding hydrogens is 312 g/mol. The summed E-state index contributed by atoms with van der Waals surface area (Å²) < 4.78 is 0.779. The Hall–Kier alpha value is -1.56. The lowest BCUT2D eigenvalue weighted by molar-refractivity contribution is -0.140. The molecule has 5 nitrogen and oxygen atoms in total. The summed E-state index contributed by atoms with van der Waals surface area (Å²) in [5.41, 5.74) is 1.59. The quantitative estimate of drug-likeness (QED) is 0.795. The number of aliphatic carboxylic acids is 1. The van der Waals surface area contributed by atoms with Crippen LogP contribution in [-0.2, 0) is 4.79 Å². The predicted molar refractivity (Wildman–Crippen MR) is 77.3 cm³/mol. The van der Waals surface area contributed by atoms with Crippen molar-refractivity contribution in [3.8, 4) is 0 Å². The third-order valence-electron chi connectivity index (χ3n) is 2.66. The van der Waals surface area contributed by atoms with Crippen LogP contribution in [0.2, 0.25) is 0 Å². The first-order valence-electron chi connectivity index (χ1n) is 5.88. The molecule has 6 heteroatoms. The van der Waals surface area contributed by atoms with Crippen molar-refractivity contribution in [3.05, 3.63) is 28.2 Å². The molecule has 19 heavy (non-hydrogen) atoms. The second kappa shape index (κ2) is 6.56. The second-order valence-electron chi connectivity index (χ2n) is 4.59.